The van der Waals surface area contributed by atoms with Crippen LogP contribution >= 0.6 is 24.0 Å². The lowest BCUT2D eigenvalue weighted by atomic mass is 9.67. The van der Waals surface area contributed by atoms with Crippen molar-refractivity contribution in [3.05, 3.63) is 11.7 Å². The van der Waals surface area contributed by atoms with Crippen molar-refractivity contribution in [1.29, 1.82) is 0 Å². The zero-order chi connectivity index (χ0) is 17.4. The molecule has 0 aliphatic heterocycles. The van der Waals surface area contributed by atoms with Gasteiger partial charge in [0.05, 0.1) is 0 Å². The minimum atomic E-state index is 0. The van der Waals surface area contributed by atoms with Gasteiger partial charge < -0.3 is 15.2 Å². The lowest BCUT2D eigenvalue weighted by Gasteiger charge is -2.40. The van der Waals surface area contributed by atoms with Crippen LogP contribution in [0.4, 0.5) is 0 Å². The third-order valence-corrected chi connectivity index (χ3v) is 4.94. The standard InChI is InChI=1S/C18H33N5O.HI/c1-5-18(10-8-11-18)13-21-17(19-6-2)20-12-7-9-15-22-16(14(3)4)23-24-15;/h14H,5-13H2,1-4H3,(H2,19,20,21);1H. The van der Waals surface area contributed by atoms with Crippen molar-refractivity contribution < 1.29 is 4.52 Å². The Morgan fingerprint density at radius 2 is 2.04 bits per heavy atom. The van der Waals surface area contributed by atoms with E-state index in [2.05, 4.69) is 48.5 Å². The maximum Gasteiger partial charge on any atom is 0.226 e. The van der Waals surface area contributed by atoms with Crippen molar-refractivity contribution in [2.24, 2.45) is 10.4 Å². The second-order valence-corrected chi connectivity index (χ2v) is 7.13. The second-order valence-electron chi connectivity index (χ2n) is 7.13. The van der Waals surface area contributed by atoms with E-state index in [1.165, 1.54) is 25.7 Å². The van der Waals surface area contributed by atoms with Crippen LogP contribution in [0.3, 0.4) is 0 Å². The first kappa shape index (κ1) is 22.2. The second kappa shape index (κ2) is 11.0. The lowest BCUT2D eigenvalue weighted by Crippen LogP contribution is -2.40. The molecule has 1 aliphatic carbocycles. The van der Waals surface area contributed by atoms with Gasteiger partial charge in [0, 0.05) is 32.0 Å². The molecule has 0 unspecified atom stereocenters. The van der Waals surface area contributed by atoms with E-state index < -0.39 is 0 Å². The molecule has 7 heteroatoms. The number of aryl methyl sites for hydroxylation is 1. The van der Waals surface area contributed by atoms with Crippen molar-refractivity contribution in [2.75, 3.05) is 19.6 Å². The molecule has 1 fully saturated rings. The summed E-state index contributed by atoms with van der Waals surface area (Å²) in [6.07, 6.45) is 6.97. The minimum absolute atomic E-state index is 0. The Bertz CT molecular complexity index is 520. The van der Waals surface area contributed by atoms with E-state index >= 15 is 0 Å². The number of nitrogens with one attached hydrogen (secondary N) is 2. The first-order chi connectivity index (χ1) is 11.6. The molecule has 2 N–H and O–H groups in total. The highest BCUT2D eigenvalue weighted by Crippen LogP contribution is 2.43. The first-order valence-corrected chi connectivity index (χ1v) is 9.43. The summed E-state index contributed by atoms with van der Waals surface area (Å²) in [4.78, 5) is 9.20. The summed E-state index contributed by atoms with van der Waals surface area (Å²) in [6.45, 7) is 11.2. The molecule has 0 spiro atoms. The molecule has 1 aliphatic rings. The topological polar surface area (TPSA) is 75.3 Å². The van der Waals surface area contributed by atoms with Crippen molar-refractivity contribution in [3.8, 4) is 0 Å². The summed E-state index contributed by atoms with van der Waals surface area (Å²) in [5.41, 5.74) is 0.458. The van der Waals surface area contributed by atoms with Gasteiger partial charge in [0.25, 0.3) is 0 Å². The van der Waals surface area contributed by atoms with Crippen molar-refractivity contribution in [1.82, 2.24) is 20.8 Å². The van der Waals surface area contributed by atoms with Gasteiger partial charge in [-0.05, 0) is 38.0 Å². The number of aliphatic imine (C=N–C) groups is 1. The van der Waals surface area contributed by atoms with E-state index in [1.807, 2.05) is 0 Å². The highest BCUT2D eigenvalue weighted by Gasteiger charge is 2.34. The Balaban J connectivity index is 0.00000312. The van der Waals surface area contributed by atoms with Gasteiger partial charge in [-0.3, -0.25) is 4.99 Å². The van der Waals surface area contributed by atoms with E-state index in [1.54, 1.807) is 0 Å². The molecule has 1 aromatic heterocycles. The number of aromatic nitrogens is 2. The zero-order valence-electron chi connectivity index (χ0n) is 16.1. The van der Waals surface area contributed by atoms with Crippen LogP contribution in [0.5, 0.6) is 0 Å². The molecule has 0 radical (unpaired) electrons. The minimum Gasteiger partial charge on any atom is -0.357 e. The number of rotatable bonds is 9. The molecular formula is C18H34IN5O. The monoisotopic (exact) mass is 463 g/mol. The highest BCUT2D eigenvalue weighted by atomic mass is 127. The average molecular weight is 463 g/mol. The zero-order valence-corrected chi connectivity index (χ0v) is 18.4. The molecule has 25 heavy (non-hydrogen) atoms. The summed E-state index contributed by atoms with van der Waals surface area (Å²) in [5.74, 6) is 2.75. The Hall–Kier alpha value is -0.860. The van der Waals surface area contributed by atoms with Gasteiger partial charge in [0.1, 0.15) is 0 Å². The quantitative estimate of drug-likeness (QED) is 0.252. The largest absolute Gasteiger partial charge is 0.357 e. The van der Waals surface area contributed by atoms with Crippen molar-refractivity contribution >= 4 is 29.9 Å². The summed E-state index contributed by atoms with van der Waals surface area (Å²) < 4.78 is 5.27. The summed E-state index contributed by atoms with van der Waals surface area (Å²) in [6, 6.07) is 0. The van der Waals surface area contributed by atoms with Crippen LogP contribution < -0.4 is 10.6 Å². The number of guanidine groups is 1. The molecule has 0 saturated heterocycles. The molecule has 1 aromatic rings. The molecule has 6 nitrogen and oxygen atoms in total. The van der Waals surface area contributed by atoms with E-state index in [-0.39, 0.29) is 24.0 Å². The fourth-order valence-corrected chi connectivity index (χ4v) is 2.94. The summed E-state index contributed by atoms with van der Waals surface area (Å²) >= 11 is 0. The number of halogens is 1. The fraction of sp³-hybridized carbons (Fsp3) is 0.833. The van der Waals surface area contributed by atoms with Crippen LogP contribution in [-0.2, 0) is 6.42 Å². The number of nitrogens with zero attached hydrogens (tertiary/aromatic N) is 3. The Kier molecular flexibility index (Phi) is 9.74. The lowest BCUT2D eigenvalue weighted by molar-refractivity contribution is 0.139. The van der Waals surface area contributed by atoms with Gasteiger partial charge in [0.15, 0.2) is 11.8 Å². The SMILES string of the molecule is CCNC(=NCC1(CC)CCC1)NCCCc1nc(C(C)C)no1.I. The van der Waals surface area contributed by atoms with Gasteiger partial charge in [0.2, 0.25) is 5.89 Å². The van der Waals surface area contributed by atoms with Crippen molar-refractivity contribution in [2.45, 2.75) is 72.1 Å². The smallest absolute Gasteiger partial charge is 0.226 e. The van der Waals surface area contributed by atoms with Crippen LogP contribution in [0.25, 0.3) is 0 Å². The molecular weight excluding hydrogens is 429 g/mol. The molecule has 0 amide bonds. The predicted octanol–water partition coefficient (Wildman–Crippen LogP) is 3.88. The Morgan fingerprint density at radius 3 is 2.56 bits per heavy atom. The third kappa shape index (κ3) is 6.75. The molecule has 144 valence electrons. The average Bonchev–Trinajstić information content (AvgIpc) is 3.00. The van der Waals surface area contributed by atoms with E-state index in [0.29, 0.717) is 11.3 Å². The van der Waals surface area contributed by atoms with Crippen LogP contribution in [0.15, 0.2) is 9.52 Å². The van der Waals surface area contributed by atoms with Gasteiger partial charge in [-0.25, -0.2) is 0 Å². The molecule has 0 aromatic carbocycles. The van der Waals surface area contributed by atoms with Crippen molar-refractivity contribution in [3.63, 3.8) is 0 Å². The van der Waals surface area contributed by atoms with Gasteiger partial charge in [-0.1, -0.05) is 32.3 Å². The Labute approximate surface area is 169 Å². The van der Waals surface area contributed by atoms with Crippen LogP contribution in [-0.4, -0.2) is 35.7 Å². The van der Waals surface area contributed by atoms with Crippen LogP contribution in [0.1, 0.15) is 77.4 Å². The highest BCUT2D eigenvalue weighted by molar-refractivity contribution is 14.0. The fourth-order valence-electron chi connectivity index (χ4n) is 2.94. The van der Waals surface area contributed by atoms with Crippen LogP contribution in [0.2, 0.25) is 0 Å². The molecule has 0 bridgehead atoms. The van der Waals surface area contributed by atoms with E-state index in [9.17, 15) is 0 Å². The summed E-state index contributed by atoms with van der Waals surface area (Å²) in [7, 11) is 0. The third-order valence-electron chi connectivity index (χ3n) is 4.94. The predicted molar refractivity (Wildman–Crippen MR) is 113 cm³/mol. The molecule has 2 rings (SSSR count). The summed E-state index contributed by atoms with van der Waals surface area (Å²) in [5, 5.41) is 10.7. The van der Waals surface area contributed by atoms with Crippen LogP contribution in [0, 0.1) is 5.41 Å². The maximum atomic E-state index is 5.27. The maximum absolute atomic E-state index is 5.27. The normalized spacial score (nSPS) is 16.3. The number of hydrogen-bond donors (Lipinski definition) is 2. The first-order valence-electron chi connectivity index (χ1n) is 9.43. The number of hydrogen-bond acceptors (Lipinski definition) is 4. The molecule has 1 saturated carbocycles. The van der Waals surface area contributed by atoms with E-state index in [4.69, 9.17) is 9.52 Å². The molecule has 0 atom stereocenters. The van der Waals surface area contributed by atoms with Gasteiger partial charge in [-0.15, -0.1) is 24.0 Å². The van der Waals surface area contributed by atoms with Gasteiger partial charge >= 0.3 is 0 Å². The molecule has 1 heterocycles. The Morgan fingerprint density at radius 1 is 1.28 bits per heavy atom. The van der Waals surface area contributed by atoms with E-state index in [0.717, 1.165) is 50.2 Å². The van der Waals surface area contributed by atoms with Gasteiger partial charge in [-0.2, -0.15) is 4.98 Å².